The van der Waals surface area contributed by atoms with Gasteiger partial charge in [0.25, 0.3) is 0 Å². The van der Waals surface area contributed by atoms with E-state index in [1.165, 1.54) is 37.7 Å². The third kappa shape index (κ3) is 3.32. The van der Waals surface area contributed by atoms with Crippen molar-refractivity contribution in [3.8, 4) is 0 Å². The van der Waals surface area contributed by atoms with Crippen LogP contribution in [0.3, 0.4) is 0 Å². The zero-order valence-corrected chi connectivity index (χ0v) is 10.8. The van der Waals surface area contributed by atoms with Crippen LogP contribution in [0, 0.1) is 5.92 Å². The van der Waals surface area contributed by atoms with Crippen LogP contribution >= 0.6 is 0 Å². The third-order valence-corrected chi connectivity index (χ3v) is 4.07. The van der Waals surface area contributed by atoms with E-state index in [4.69, 9.17) is 0 Å². The lowest BCUT2D eigenvalue weighted by atomic mass is 10.1. The van der Waals surface area contributed by atoms with Gasteiger partial charge in [-0.15, -0.1) is 0 Å². The Hall–Kier alpha value is -0.820. The van der Waals surface area contributed by atoms with Crippen LogP contribution in [0.1, 0.15) is 56.1 Å². The van der Waals surface area contributed by atoms with Gasteiger partial charge in [0, 0.05) is 12.6 Å². The second-order valence-electron chi connectivity index (χ2n) is 5.98. The van der Waals surface area contributed by atoms with Gasteiger partial charge in [0.05, 0.1) is 0 Å². The van der Waals surface area contributed by atoms with Gasteiger partial charge in [-0.3, -0.25) is 0 Å². The van der Waals surface area contributed by atoms with E-state index in [1.807, 2.05) is 0 Å². The van der Waals surface area contributed by atoms with Crippen molar-refractivity contribution in [3.63, 3.8) is 0 Å². The molecule has 1 aromatic carbocycles. The molecule has 0 aliphatic heterocycles. The topological polar surface area (TPSA) is 12.0 Å². The number of rotatable bonds is 6. The smallest absolute Gasteiger partial charge is 0.0207 e. The molecule has 1 unspecified atom stereocenters. The van der Waals surface area contributed by atoms with E-state index < -0.39 is 0 Å². The SMILES string of the molecule is CC(CC1CC1)NCc1ccc(C2CC2)cc1. The maximum atomic E-state index is 3.63. The van der Waals surface area contributed by atoms with Crippen LogP contribution in [-0.2, 0) is 6.54 Å². The standard InChI is InChI=1S/C16H23N/c1-12(10-13-2-3-13)17-11-14-4-6-15(7-5-14)16-8-9-16/h4-7,12-13,16-17H,2-3,8-11H2,1H3. The molecule has 0 spiro atoms. The molecule has 1 heteroatoms. The summed E-state index contributed by atoms with van der Waals surface area (Å²) in [5.41, 5.74) is 2.97. The van der Waals surface area contributed by atoms with Gasteiger partial charge < -0.3 is 5.32 Å². The van der Waals surface area contributed by atoms with Crippen molar-refractivity contribution < 1.29 is 0 Å². The van der Waals surface area contributed by atoms with Gasteiger partial charge in [0.1, 0.15) is 0 Å². The molecular weight excluding hydrogens is 206 g/mol. The predicted octanol–water partition coefficient (Wildman–Crippen LogP) is 3.84. The summed E-state index contributed by atoms with van der Waals surface area (Å²) in [6, 6.07) is 9.90. The van der Waals surface area contributed by atoms with Gasteiger partial charge in [-0.2, -0.15) is 0 Å². The van der Waals surface area contributed by atoms with E-state index >= 15 is 0 Å². The fourth-order valence-corrected chi connectivity index (χ4v) is 2.55. The monoisotopic (exact) mass is 229 g/mol. The average molecular weight is 229 g/mol. The Labute approximate surface area is 105 Å². The molecule has 2 fully saturated rings. The molecule has 0 saturated heterocycles. The zero-order chi connectivity index (χ0) is 11.7. The summed E-state index contributed by atoms with van der Waals surface area (Å²) in [7, 11) is 0. The van der Waals surface area contributed by atoms with Crippen molar-refractivity contribution in [2.75, 3.05) is 0 Å². The van der Waals surface area contributed by atoms with Crippen molar-refractivity contribution >= 4 is 0 Å². The number of hydrogen-bond donors (Lipinski definition) is 1. The Kier molecular flexibility index (Phi) is 3.19. The Balaban J connectivity index is 1.46. The lowest BCUT2D eigenvalue weighted by molar-refractivity contribution is 0.487. The first-order valence-corrected chi connectivity index (χ1v) is 7.13. The van der Waals surface area contributed by atoms with Crippen molar-refractivity contribution in [1.82, 2.24) is 5.32 Å². The normalized spacial score (nSPS) is 21.5. The fraction of sp³-hybridized carbons (Fsp3) is 0.625. The highest BCUT2D eigenvalue weighted by molar-refractivity contribution is 5.27. The van der Waals surface area contributed by atoms with Gasteiger partial charge in [0.15, 0.2) is 0 Å². The summed E-state index contributed by atoms with van der Waals surface area (Å²) < 4.78 is 0. The Bertz CT molecular complexity index is 360. The first-order valence-electron chi connectivity index (χ1n) is 7.13. The first-order chi connectivity index (χ1) is 8.31. The second kappa shape index (κ2) is 4.81. The Morgan fingerprint density at radius 3 is 2.41 bits per heavy atom. The highest BCUT2D eigenvalue weighted by atomic mass is 14.9. The molecule has 3 rings (SSSR count). The molecule has 0 aromatic heterocycles. The Morgan fingerprint density at radius 1 is 1.12 bits per heavy atom. The summed E-state index contributed by atoms with van der Waals surface area (Å²) >= 11 is 0. The zero-order valence-electron chi connectivity index (χ0n) is 10.8. The van der Waals surface area contributed by atoms with Crippen LogP contribution in [0.15, 0.2) is 24.3 Å². The molecule has 1 atom stereocenters. The van der Waals surface area contributed by atoms with Crippen molar-refractivity contribution in [3.05, 3.63) is 35.4 Å². The van der Waals surface area contributed by atoms with E-state index in [1.54, 1.807) is 5.56 Å². The average Bonchev–Trinajstić information content (AvgIpc) is 3.20. The van der Waals surface area contributed by atoms with Gasteiger partial charge >= 0.3 is 0 Å². The first kappa shape index (κ1) is 11.3. The summed E-state index contributed by atoms with van der Waals surface area (Å²) in [5, 5.41) is 3.63. The minimum Gasteiger partial charge on any atom is -0.310 e. The van der Waals surface area contributed by atoms with E-state index in [9.17, 15) is 0 Å². The van der Waals surface area contributed by atoms with Crippen LogP contribution in [0.2, 0.25) is 0 Å². The summed E-state index contributed by atoms with van der Waals surface area (Å²) in [6.45, 7) is 3.34. The molecule has 2 aliphatic carbocycles. The number of hydrogen-bond acceptors (Lipinski definition) is 1. The van der Waals surface area contributed by atoms with Crippen LogP contribution in [-0.4, -0.2) is 6.04 Å². The Morgan fingerprint density at radius 2 is 1.82 bits per heavy atom. The third-order valence-electron chi connectivity index (χ3n) is 4.07. The molecule has 1 N–H and O–H groups in total. The summed E-state index contributed by atoms with van der Waals surface area (Å²) in [4.78, 5) is 0. The molecule has 0 amide bonds. The second-order valence-corrected chi connectivity index (χ2v) is 5.98. The molecule has 0 bridgehead atoms. The highest BCUT2D eigenvalue weighted by Crippen LogP contribution is 2.39. The fourth-order valence-electron chi connectivity index (χ4n) is 2.55. The molecule has 0 radical (unpaired) electrons. The van der Waals surface area contributed by atoms with Gasteiger partial charge in [0.2, 0.25) is 0 Å². The lowest BCUT2D eigenvalue weighted by Gasteiger charge is -2.13. The minimum absolute atomic E-state index is 0.672. The minimum atomic E-state index is 0.672. The maximum absolute atomic E-state index is 3.63. The van der Waals surface area contributed by atoms with Crippen LogP contribution in [0.5, 0.6) is 0 Å². The maximum Gasteiger partial charge on any atom is 0.0207 e. The van der Waals surface area contributed by atoms with Crippen molar-refractivity contribution in [1.29, 1.82) is 0 Å². The van der Waals surface area contributed by atoms with E-state index in [-0.39, 0.29) is 0 Å². The van der Waals surface area contributed by atoms with Crippen LogP contribution in [0.25, 0.3) is 0 Å². The van der Waals surface area contributed by atoms with Crippen LogP contribution < -0.4 is 5.32 Å². The molecule has 92 valence electrons. The molecule has 17 heavy (non-hydrogen) atoms. The summed E-state index contributed by atoms with van der Waals surface area (Å²) in [6.07, 6.45) is 7.08. The number of benzene rings is 1. The van der Waals surface area contributed by atoms with Gasteiger partial charge in [-0.05, 0) is 49.1 Å². The molecular formula is C16H23N. The molecule has 1 nitrogen and oxygen atoms in total. The van der Waals surface area contributed by atoms with E-state index in [2.05, 4.69) is 36.5 Å². The highest BCUT2D eigenvalue weighted by Gasteiger charge is 2.24. The summed E-state index contributed by atoms with van der Waals surface area (Å²) in [5.74, 6) is 1.90. The van der Waals surface area contributed by atoms with Crippen molar-refractivity contribution in [2.24, 2.45) is 5.92 Å². The molecule has 2 aliphatic rings. The van der Waals surface area contributed by atoms with Crippen molar-refractivity contribution in [2.45, 2.75) is 57.5 Å². The van der Waals surface area contributed by atoms with Gasteiger partial charge in [-0.25, -0.2) is 0 Å². The van der Waals surface area contributed by atoms with E-state index in [0.717, 1.165) is 18.4 Å². The quantitative estimate of drug-likeness (QED) is 0.781. The molecule has 2 saturated carbocycles. The van der Waals surface area contributed by atoms with Crippen LogP contribution in [0.4, 0.5) is 0 Å². The lowest BCUT2D eigenvalue weighted by Crippen LogP contribution is -2.25. The largest absolute Gasteiger partial charge is 0.310 e. The van der Waals surface area contributed by atoms with Gasteiger partial charge in [-0.1, -0.05) is 37.1 Å². The molecule has 1 aromatic rings. The van der Waals surface area contributed by atoms with E-state index in [0.29, 0.717) is 6.04 Å². The predicted molar refractivity (Wildman–Crippen MR) is 72.1 cm³/mol. The number of nitrogens with one attached hydrogen (secondary N) is 1. The molecule has 0 heterocycles.